The SMILES string of the molecule is CCOc1ccc(CC(=O)N2Cc3ccccc3NCC[C@@H]3CC[C@H](C2)N3Cc2ccccc2)cc1. The van der Waals surface area contributed by atoms with Crippen LogP contribution in [0.5, 0.6) is 5.75 Å². The van der Waals surface area contributed by atoms with Gasteiger partial charge in [0.1, 0.15) is 5.75 Å². The maximum Gasteiger partial charge on any atom is 0.227 e. The van der Waals surface area contributed by atoms with Crippen molar-refractivity contribution in [1.82, 2.24) is 9.80 Å². The standard InChI is InChI=1S/C31H37N3O2/c1-2-36-29-16-12-24(13-17-29)20-31(35)33-22-26-10-6-7-11-30(26)32-19-18-27-14-15-28(23-33)34(27)21-25-8-4-3-5-9-25/h3-13,16-17,27-28,32H,2,14-15,18-23H2,1H3/t27-,28+/m0/s1. The molecule has 0 radical (unpaired) electrons. The van der Waals surface area contributed by atoms with Crippen LogP contribution in [-0.2, 0) is 24.3 Å². The molecule has 5 heteroatoms. The van der Waals surface area contributed by atoms with Gasteiger partial charge in [0.2, 0.25) is 5.91 Å². The minimum Gasteiger partial charge on any atom is -0.494 e. The molecule has 1 amide bonds. The Morgan fingerprint density at radius 2 is 1.64 bits per heavy atom. The number of anilines is 1. The maximum atomic E-state index is 13.7. The van der Waals surface area contributed by atoms with Crippen molar-refractivity contribution >= 4 is 11.6 Å². The molecule has 1 fully saturated rings. The highest BCUT2D eigenvalue weighted by molar-refractivity contribution is 5.79. The first kappa shape index (κ1) is 24.4. The molecule has 0 aromatic heterocycles. The van der Waals surface area contributed by atoms with Crippen molar-refractivity contribution in [3.63, 3.8) is 0 Å². The number of hydrogen-bond donors (Lipinski definition) is 1. The van der Waals surface area contributed by atoms with E-state index in [1.165, 1.54) is 17.5 Å². The lowest BCUT2D eigenvalue weighted by molar-refractivity contribution is -0.132. The summed E-state index contributed by atoms with van der Waals surface area (Å²) in [7, 11) is 0. The lowest BCUT2D eigenvalue weighted by atomic mass is 10.1. The number of para-hydroxylation sites is 1. The van der Waals surface area contributed by atoms with Crippen LogP contribution in [0.1, 0.15) is 42.9 Å². The Kier molecular flexibility index (Phi) is 7.87. The summed E-state index contributed by atoms with van der Waals surface area (Å²) in [6.45, 7) is 5.88. The predicted molar refractivity (Wildman–Crippen MR) is 145 cm³/mol. The van der Waals surface area contributed by atoms with Gasteiger partial charge < -0.3 is 15.0 Å². The summed E-state index contributed by atoms with van der Waals surface area (Å²) in [5, 5.41) is 3.68. The fourth-order valence-corrected chi connectivity index (χ4v) is 5.65. The third kappa shape index (κ3) is 5.90. The number of fused-ring (bicyclic) bond motifs is 3. The summed E-state index contributed by atoms with van der Waals surface area (Å²) >= 11 is 0. The first-order valence-corrected chi connectivity index (χ1v) is 13.3. The van der Waals surface area contributed by atoms with Gasteiger partial charge >= 0.3 is 0 Å². The number of amides is 1. The third-order valence-electron chi connectivity index (χ3n) is 7.52. The number of carbonyl (C=O) groups is 1. The third-order valence-corrected chi connectivity index (χ3v) is 7.52. The van der Waals surface area contributed by atoms with Gasteiger partial charge in [-0.3, -0.25) is 9.69 Å². The molecular formula is C31H37N3O2. The average Bonchev–Trinajstić information content (AvgIpc) is 3.25. The van der Waals surface area contributed by atoms with Gasteiger partial charge in [0.25, 0.3) is 0 Å². The van der Waals surface area contributed by atoms with Crippen molar-refractivity contribution < 1.29 is 9.53 Å². The Morgan fingerprint density at radius 1 is 0.889 bits per heavy atom. The van der Waals surface area contributed by atoms with Gasteiger partial charge in [-0.25, -0.2) is 0 Å². The quantitative estimate of drug-likeness (QED) is 0.503. The van der Waals surface area contributed by atoms with Crippen molar-refractivity contribution in [3.8, 4) is 5.75 Å². The summed E-state index contributed by atoms with van der Waals surface area (Å²) in [5.41, 5.74) is 4.69. The van der Waals surface area contributed by atoms with Gasteiger partial charge in [0.05, 0.1) is 13.0 Å². The number of nitrogens with one attached hydrogen (secondary N) is 1. The van der Waals surface area contributed by atoms with E-state index in [2.05, 4.69) is 69.7 Å². The van der Waals surface area contributed by atoms with Gasteiger partial charge in [0.15, 0.2) is 0 Å². The maximum absolute atomic E-state index is 13.7. The molecule has 1 saturated heterocycles. The molecule has 188 valence electrons. The highest BCUT2D eigenvalue weighted by atomic mass is 16.5. The fourth-order valence-electron chi connectivity index (χ4n) is 5.65. The summed E-state index contributed by atoms with van der Waals surface area (Å²) < 4.78 is 5.58. The van der Waals surface area contributed by atoms with Crippen LogP contribution in [0.25, 0.3) is 0 Å². The number of hydrogen-bond acceptors (Lipinski definition) is 4. The number of rotatable bonds is 6. The highest BCUT2D eigenvalue weighted by Crippen LogP contribution is 2.31. The summed E-state index contributed by atoms with van der Waals surface area (Å²) in [4.78, 5) is 18.5. The minimum atomic E-state index is 0.177. The molecule has 3 aromatic carbocycles. The second-order valence-corrected chi connectivity index (χ2v) is 9.94. The first-order chi connectivity index (χ1) is 17.7. The van der Waals surface area contributed by atoms with Gasteiger partial charge in [-0.1, -0.05) is 60.7 Å². The Labute approximate surface area is 215 Å². The molecule has 2 bridgehead atoms. The van der Waals surface area contributed by atoms with E-state index < -0.39 is 0 Å². The smallest absolute Gasteiger partial charge is 0.227 e. The van der Waals surface area contributed by atoms with Crippen molar-refractivity contribution in [2.45, 2.75) is 57.8 Å². The van der Waals surface area contributed by atoms with Crippen LogP contribution in [0.4, 0.5) is 5.69 Å². The number of carbonyl (C=O) groups excluding carboxylic acids is 1. The summed E-state index contributed by atoms with van der Waals surface area (Å²) in [6.07, 6.45) is 3.82. The van der Waals surface area contributed by atoms with Gasteiger partial charge in [-0.15, -0.1) is 0 Å². The van der Waals surface area contributed by atoms with Crippen molar-refractivity contribution in [2.24, 2.45) is 0 Å². The van der Waals surface area contributed by atoms with Crippen LogP contribution in [0.15, 0.2) is 78.9 Å². The zero-order valence-corrected chi connectivity index (χ0v) is 21.2. The molecular weight excluding hydrogens is 446 g/mol. The minimum absolute atomic E-state index is 0.177. The van der Waals surface area contributed by atoms with E-state index >= 15 is 0 Å². The molecule has 36 heavy (non-hydrogen) atoms. The fraction of sp³-hybridized carbons (Fsp3) is 0.387. The van der Waals surface area contributed by atoms with Crippen LogP contribution in [-0.4, -0.2) is 47.5 Å². The average molecular weight is 484 g/mol. The monoisotopic (exact) mass is 483 g/mol. The van der Waals surface area contributed by atoms with Gasteiger partial charge in [-0.05, 0) is 61.1 Å². The van der Waals surface area contributed by atoms with Crippen molar-refractivity contribution in [3.05, 3.63) is 95.6 Å². The lowest BCUT2D eigenvalue weighted by Gasteiger charge is -2.34. The van der Waals surface area contributed by atoms with E-state index in [1.807, 2.05) is 31.2 Å². The second kappa shape index (κ2) is 11.6. The molecule has 5 nitrogen and oxygen atoms in total. The largest absolute Gasteiger partial charge is 0.494 e. The molecule has 3 aromatic rings. The van der Waals surface area contributed by atoms with Crippen LogP contribution >= 0.6 is 0 Å². The Hall–Kier alpha value is -3.31. The van der Waals surface area contributed by atoms with E-state index in [-0.39, 0.29) is 5.91 Å². The molecule has 0 spiro atoms. The van der Waals surface area contributed by atoms with E-state index in [0.29, 0.717) is 31.7 Å². The van der Waals surface area contributed by atoms with E-state index in [9.17, 15) is 4.79 Å². The van der Waals surface area contributed by atoms with Gasteiger partial charge in [-0.2, -0.15) is 0 Å². The Bertz CT molecular complexity index is 1130. The number of ether oxygens (including phenoxy) is 1. The van der Waals surface area contributed by atoms with E-state index in [4.69, 9.17) is 4.74 Å². The number of benzene rings is 3. The Balaban J connectivity index is 1.39. The normalized spacial score (nSPS) is 20.2. The molecule has 2 atom stereocenters. The number of nitrogens with zero attached hydrogens (tertiary/aromatic N) is 2. The van der Waals surface area contributed by atoms with Crippen molar-refractivity contribution in [2.75, 3.05) is 25.0 Å². The first-order valence-electron chi connectivity index (χ1n) is 13.3. The zero-order chi connectivity index (χ0) is 24.7. The molecule has 2 aliphatic heterocycles. The van der Waals surface area contributed by atoms with E-state index in [0.717, 1.165) is 49.5 Å². The lowest BCUT2D eigenvalue weighted by Crippen LogP contribution is -2.45. The van der Waals surface area contributed by atoms with Gasteiger partial charge in [0, 0.05) is 44.0 Å². The molecule has 2 aliphatic rings. The van der Waals surface area contributed by atoms with Crippen LogP contribution < -0.4 is 10.1 Å². The van der Waals surface area contributed by atoms with E-state index in [1.54, 1.807) is 0 Å². The highest BCUT2D eigenvalue weighted by Gasteiger charge is 2.35. The molecule has 1 N–H and O–H groups in total. The second-order valence-electron chi connectivity index (χ2n) is 9.94. The zero-order valence-electron chi connectivity index (χ0n) is 21.2. The molecule has 2 heterocycles. The van der Waals surface area contributed by atoms with Crippen LogP contribution in [0.2, 0.25) is 0 Å². The van der Waals surface area contributed by atoms with Crippen molar-refractivity contribution in [1.29, 1.82) is 0 Å². The topological polar surface area (TPSA) is 44.8 Å². The predicted octanol–water partition coefficient (Wildman–Crippen LogP) is 5.51. The van der Waals surface area contributed by atoms with Crippen LogP contribution in [0, 0.1) is 0 Å². The molecule has 0 aliphatic carbocycles. The summed E-state index contributed by atoms with van der Waals surface area (Å²) in [5.74, 6) is 1.02. The Morgan fingerprint density at radius 3 is 2.44 bits per heavy atom. The summed E-state index contributed by atoms with van der Waals surface area (Å²) in [6, 6.07) is 28.0. The molecule has 0 unspecified atom stereocenters. The molecule has 5 rings (SSSR count). The van der Waals surface area contributed by atoms with Crippen LogP contribution in [0.3, 0.4) is 0 Å². The molecule has 0 saturated carbocycles.